The molecule has 5 atom stereocenters. The molecule has 3 aliphatic rings. The maximum atomic E-state index is 14.2. The second-order valence-corrected chi connectivity index (χ2v) is 20.1. The summed E-state index contributed by atoms with van der Waals surface area (Å²) < 4.78 is 100. The highest BCUT2D eigenvalue weighted by molar-refractivity contribution is 6.04. The third kappa shape index (κ3) is 20.9. The number of hydrogen-bond acceptors (Lipinski definition) is 17. The molecular weight excluding hydrogens is 1050 g/mol. The van der Waals surface area contributed by atoms with Crippen LogP contribution in [0, 0.1) is 36.5 Å². The van der Waals surface area contributed by atoms with Crippen molar-refractivity contribution in [2.24, 2.45) is 17.8 Å². The van der Waals surface area contributed by atoms with E-state index in [1.165, 1.54) is 12.1 Å². The van der Waals surface area contributed by atoms with Gasteiger partial charge in [-0.3, -0.25) is 14.1 Å². The number of hydrogen-bond donors (Lipinski definition) is 4. The molecule has 1 amide bonds. The van der Waals surface area contributed by atoms with Crippen molar-refractivity contribution >= 4 is 17.2 Å². The number of pyridine rings is 1. The van der Waals surface area contributed by atoms with E-state index in [1.807, 2.05) is 29.5 Å². The molecule has 7 rings (SSSR count). The van der Waals surface area contributed by atoms with Gasteiger partial charge in [-0.2, -0.15) is 13.2 Å². The van der Waals surface area contributed by atoms with E-state index in [0.29, 0.717) is 167 Å². The highest BCUT2D eigenvalue weighted by Gasteiger charge is 2.51. The molecule has 80 heavy (non-hydrogen) atoms. The summed E-state index contributed by atoms with van der Waals surface area (Å²) in [5, 5.41) is 26.1. The number of amides is 1. The normalized spacial score (nSPS) is 19.5. The van der Waals surface area contributed by atoms with Crippen molar-refractivity contribution in [3.8, 4) is 17.6 Å². The van der Waals surface area contributed by atoms with Gasteiger partial charge in [0, 0.05) is 68.3 Å². The summed E-state index contributed by atoms with van der Waals surface area (Å²) in [6, 6.07) is 12.6. The molecule has 0 radical (unpaired) electrons. The van der Waals surface area contributed by atoms with E-state index in [4.69, 9.17) is 47.4 Å². The molecule has 3 heterocycles. The lowest BCUT2D eigenvalue weighted by Crippen LogP contribution is -2.44. The lowest BCUT2D eigenvalue weighted by atomic mass is 9.85. The van der Waals surface area contributed by atoms with Crippen LogP contribution in [0.1, 0.15) is 51.1 Å². The number of alkyl halides is 3. The van der Waals surface area contributed by atoms with E-state index in [1.54, 1.807) is 36.5 Å². The number of anilines is 1. The number of rotatable bonds is 37. The van der Waals surface area contributed by atoms with Gasteiger partial charge in [0.05, 0.1) is 143 Å². The molecule has 3 fully saturated rings. The Morgan fingerprint density at radius 3 is 1.82 bits per heavy atom. The first-order valence-corrected chi connectivity index (χ1v) is 27.8. The number of nitrogens with zero attached hydrogens (tertiary/aromatic N) is 4. The average Bonchev–Trinajstić information content (AvgIpc) is 4.22. The maximum absolute atomic E-state index is 14.2. The number of fused-ring (bicyclic) bond motifs is 3. The number of aliphatic hydroxyl groups is 2. The molecule has 5 unspecified atom stereocenters. The van der Waals surface area contributed by atoms with E-state index in [2.05, 4.69) is 32.4 Å². The largest absolute Gasteiger partial charge is 0.491 e. The summed E-state index contributed by atoms with van der Waals surface area (Å²) in [5.74, 6) is 7.24. The van der Waals surface area contributed by atoms with Gasteiger partial charge in [0.1, 0.15) is 23.7 Å². The van der Waals surface area contributed by atoms with E-state index in [0.717, 1.165) is 50.7 Å². The molecule has 2 aliphatic carbocycles. The van der Waals surface area contributed by atoms with Crippen LogP contribution in [-0.2, 0) is 55.4 Å². The van der Waals surface area contributed by atoms with Crippen LogP contribution in [0.15, 0.2) is 60.9 Å². The molecule has 2 bridgehead atoms. The molecule has 2 saturated carbocycles. The third-order valence-electron chi connectivity index (χ3n) is 14.3. The van der Waals surface area contributed by atoms with Crippen LogP contribution in [0.25, 0.3) is 5.65 Å². The van der Waals surface area contributed by atoms with E-state index in [9.17, 15) is 28.2 Å². The van der Waals surface area contributed by atoms with Crippen molar-refractivity contribution in [1.82, 2.24) is 24.5 Å². The summed E-state index contributed by atoms with van der Waals surface area (Å²) in [7, 11) is 2.00. The van der Waals surface area contributed by atoms with Crippen LogP contribution < -0.4 is 15.4 Å². The molecule has 0 spiro atoms. The predicted molar refractivity (Wildman–Crippen MR) is 292 cm³/mol. The van der Waals surface area contributed by atoms with Crippen LogP contribution in [0.3, 0.4) is 0 Å². The number of halogens is 3. The number of aromatic nitrogens is 2. The van der Waals surface area contributed by atoms with Gasteiger partial charge >= 0.3 is 6.18 Å². The minimum atomic E-state index is -4.58. The SMILES string of the molecule is Cc1ccc(C(=O)Nc2ccc(CN3CCN(C)CC3)c(C(F)(F)F)c2)cc1C#Cc1cnc2cc(OCCOCCOCCOCCOCCOCCOCCOCCOCCOCCNCC3CC4CC3C(O)C4O)ccn12. The van der Waals surface area contributed by atoms with E-state index < -0.39 is 29.9 Å². The lowest BCUT2D eigenvalue weighted by molar-refractivity contribution is -0.138. The predicted octanol–water partition coefficient (Wildman–Crippen LogP) is 4.56. The van der Waals surface area contributed by atoms with Crippen LogP contribution in [-0.4, -0.2) is 219 Å². The number of aliphatic hydroxyl groups excluding tert-OH is 2. The van der Waals surface area contributed by atoms with Gasteiger partial charge in [0.15, 0.2) is 0 Å². The Morgan fingerprint density at radius 2 is 1.26 bits per heavy atom. The fourth-order valence-corrected chi connectivity index (χ4v) is 9.86. The van der Waals surface area contributed by atoms with Crippen LogP contribution in [0.4, 0.5) is 18.9 Å². The van der Waals surface area contributed by atoms with Gasteiger partial charge in [0.2, 0.25) is 0 Å². The zero-order valence-electron chi connectivity index (χ0n) is 46.3. The highest BCUT2D eigenvalue weighted by Crippen LogP contribution is 2.48. The number of carbonyl (C=O) groups is 1. The monoisotopic (exact) mass is 1130 g/mol. The number of carbonyl (C=O) groups excluding carboxylic acids is 1. The first-order valence-electron chi connectivity index (χ1n) is 27.8. The lowest BCUT2D eigenvalue weighted by Gasteiger charge is -2.33. The fourth-order valence-electron chi connectivity index (χ4n) is 9.86. The van der Waals surface area contributed by atoms with Crippen LogP contribution >= 0.6 is 0 Å². The fraction of sp³-hybridized carbons (Fsp3) is 0.621. The Labute approximate surface area is 467 Å². The first kappa shape index (κ1) is 62.8. The molecule has 19 nitrogen and oxygen atoms in total. The Bertz CT molecular complexity index is 2520. The number of ether oxygens (including phenoxy) is 10. The molecule has 2 aromatic carbocycles. The van der Waals surface area contributed by atoms with Crippen LogP contribution in [0.5, 0.6) is 5.75 Å². The second-order valence-electron chi connectivity index (χ2n) is 20.1. The quantitative estimate of drug-likeness (QED) is 0.0362. The molecule has 22 heteroatoms. The average molecular weight is 1130 g/mol. The van der Waals surface area contributed by atoms with Crippen LogP contribution in [0.2, 0.25) is 0 Å². The number of aryl methyl sites for hydroxylation is 1. The van der Waals surface area contributed by atoms with Crippen molar-refractivity contribution in [3.05, 3.63) is 94.4 Å². The van der Waals surface area contributed by atoms with Crippen molar-refractivity contribution in [1.29, 1.82) is 0 Å². The molecule has 1 saturated heterocycles. The third-order valence-corrected chi connectivity index (χ3v) is 14.3. The topological polar surface area (TPSA) is 198 Å². The van der Waals surface area contributed by atoms with Gasteiger partial charge in [-0.05, 0) is 98.5 Å². The molecule has 4 aromatic rings. The summed E-state index contributed by atoms with van der Waals surface area (Å²) in [6.07, 6.45) is -0.300. The minimum Gasteiger partial charge on any atom is -0.491 e. The number of nitrogens with one attached hydrogen (secondary N) is 2. The van der Waals surface area contributed by atoms with Crippen molar-refractivity contribution in [3.63, 3.8) is 0 Å². The molecule has 4 N–H and O–H groups in total. The maximum Gasteiger partial charge on any atom is 0.416 e. The van der Waals surface area contributed by atoms with Gasteiger partial charge in [0.25, 0.3) is 5.91 Å². The van der Waals surface area contributed by atoms with Crippen molar-refractivity contribution in [2.45, 2.75) is 44.7 Å². The van der Waals surface area contributed by atoms with E-state index in [-0.39, 0.29) is 35.2 Å². The zero-order chi connectivity index (χ0) is 56.4. The number of imidazole rings is 1. The van der Waals surface area contributed by atoms with Gasteiger partial charge < -0.3 is 73.1 Å². The highest BCUT2D eigenvalue weighted by atomic mass is 19.4. The van der Waals surface area contributed by atoms with Gasteiger partial charge in [-0.1, -0.05) is 18.1 Å². The zero-order valence-corrected chi connectivity index (χ0v) is 46.3. The molecule has 442 valence electrons. The summed E-state index contributed by atoms with van der Waals surface area (Å²) in [4.78, 5) is 21.9. The minimum absolute atomic E-state index is 0.0612. The Hall–Kier alpha value is -4.81. The number of likely N-dealkylation sites (N-methyl/N-ethyl adjacent to an activating group) is 1. The van der Waals surface area contributed by atoms with Crippen molar-refractivity contribution in [2.75, 3.05) is 177 Å². The number of benzene rings is 2. The van der Waals surface area contributed by atoms with Crippen molar-refractivity contribution < 1.29 is 75.5 Å². The van der Waals surface area contributed by atoms with Gasteiger partial charge in [-0.15, -0.1) is 0 Å². The standard InChI is InChI=1S/C58H81F3N6O13/c1-43-3-4-45(57(70)64-49-7-5-46(53(38-49)58(59,60)61)42-66-14-12-65(2)13-15-66)35-44(43)6-8-50-41-63-54-39-51(9-11-67(50)54)80-34-33-79-32-31-78-30-29-77-28-27-76-26-25-75-24-23-74-22-21-73-20-19-72-18-17-71-16-10-62-40-48-36-47-37-52(48)56(69)55(47)68/h3-5,7,9,11,35,38-39,41,47-48,52,55-56,62,68-69H,10,12-34,36-37,40,42H2,1-2H3,(H,64,70). The Kier molecular flexibility index (Phi) is 26.6. The molecular formula is C58H81F3N6O13. The molecule has 1 aliphatic heterocycles. The van der Waals surface area contributed by atoms with Gasteiger partial charge in [-0.25, -0.2) is 4.98 Å². The van der Waals surface area contributed by atoms with E-state index >= 15 is 0 Å². The second kappa shape index (κ2) is 34.0. The number of piperazine rings is 1. The summed E-state index contributed by atoms with van der Waals surface area (Å²) in [6.45, 7) is 15.4. The Morgan fingerprint density at radius 1 is 0.688 bits per heavy atom. The first-order chi connectivity index (χ1) is 38.9. The summed E-state index contributed by atoms with van der Waals surface area (Å²) >= 11 is 0. The smallest absolute Gasteiger partial charge is 0.416 e. The Balaban J connectivity index is 0.633. The molecule has 2 aromatic heterocycles. The summed E-state index contributed by atoms with van der Waals surface area (Å²) in [5.41, 5.74) is 2.41.